The highest BCUT2D eigenvalue weighted by Gasteiger charge is 2.01. The molecule has 12 heavy (non-hydrogen) atoms. The summed E-state index contributed by atoms with van der Waals surface area (Å²) in [6.45, 7) is 3.75. The van der Waals surface area contributed by atoms with Crippen molar-refractivity contribution in [3.05, 3.63) is 24.3 Å². The van der Waals surface area contributed by atoms with Crippen molar-refractivity contribution < 1.29 is 4.79 Å². The van der Waals surface area contributed by atoms with Gasteiger partial charge in [0.2, 0.25) is 0 Å². The largest absolute Gasteiger partial charge is 0.345 e. The highest BCUT2D eigenvalue weighted by Crippen LogP contribution is 1.99. The molecule has 0 spiro atoms. The molecule has 1 heterocycles. The van der Waals surface area contributed by atoms with Crippen molar-refractivity contribution in [1.29, 1.82) is 0 Å². The molecular weight excluding hydrogens is 152 g/mol. The molecule has 64 valence electrons. The minimum Gasteiger partial charge on any atom is -0.345 e. The number of hydrogen-bond donors (Lipinski definition) is 1. The topological polar surface area (TPSA) is 45.8 Å². The predicted molar refractivity (Wildman–Crippen MR) is 47.5 cm³/mol. The molecular formula is C9H12N2O. The highest BCUT2D eigenvalue weighted by molar-refractivity contribution is 5.94. The Hall–Kier alpha value is -1.38. The summed E-state index contributed by atoms with van der Waals surface area (Å²) in [5.74, 6) is 0.189. The van der Waals surface area contributed by atoms with Crippen molar-refractivity contribution in [2.75, 3.05) is 0 Å². The van der Waals surface area contributed by atoms with E-state index in [0.717, 1.165) is 5.69 Å². The Labute approximate surface area is 71.5 Å². The van der Waals surface area contributed by atoms with E-state index in [1.54, 1.807) is 24.7 Å². The van der Waals surface area contributed by atoms with Gasteiger partial charge in [-0.3, -0.25) is 4.79 Å². The van der Waals surface area contributed by atoms with Crippen LogP contribution >= 0.6 is 0 Å². The van der Waals surface area contributed by atoms with E-state index in [4.69, 9.17) is 0 Å². The molecule has 0 amide bonds. The average Bonchev–Trinajstić information content (AvgIpc) is 2.51. The number of carbonyl (C=O) groups excluding carboxylic acids is 1. The molecule has 0 fully saturated rings. The Balaban J connectivity index is 2.57. The molecule has 0 saturated carbocycles. The van der Waals surface area contributed by atoms with E-state index in [1.165, 1.54) is 0 Å². The number of aromatic amines is 1. The first-order valence-electron chi connectivity index (χ1n) is 3.90. The Kier molecular flexibility index (Phi) is 2.80. The average molecular weight is 164 g/mol. The van der Waals surface area contributed by atoms with E-state index >= 15 is 0 Å². The lowest BCUT2D eigenvalue weighted by Gasteiger charge is -1.94. The lowest BCUT2D eigenvalue weighted by Crippen LogP contribution is -2.01. The van der Waals surface area contributed by atoms with Crippen molar-refractivity contribution in [3.63, 3.8) is 0 Å². The molecule has 0 atom stereocenters. The molecule has 1 N–H and O–H groups in total. The van der Waals surface area contributed by atoms with E-state index in [1.807, 2.05) is 13.8 Å². The number of nitrogens with zero attached hydrogens (tertiary/aromatic N) is 1. The third-order valence-electron chi connectivity index (χ3n) is 1.52. The predicted octanol–water partition coefficient (Wildman–Crippen LogP) is 1.65. The van der Waals surface area contributed by atoms with Gasteiger partial charge in [0.15, 0.2) is 5.78 Å². The zero-order valence-corrected chi connectivity index (χ0v) is 7.24. The van der Waals surface area contributed by atoms with Gasteiger partial charge >= 0.3 is 0 Å². The Morgan fingerprint density at radius 3 is 2.92 bits per heavy atom. The first kappa shape index (κ1) is 8.71. The third kappa shape index (κ3) is 2.34. The maximum Gasteiger partial charge on any atom is 0.158 e. The number of rotatable bonds is 3. The highest BCUT2D eigenvalue weighted by atomic mass is 16.1. The summed E-state index contributed by atoms with van der Waals surface area (Å²) >= 11 is 0. The number of aromatic nitrogens is 2. The van der Waals surface area contributed by atoms with Crippen LogP contribution in [0.15, 0.2) is 18.6 Å². The molecule has 0 aliphatic carbocycles. The van der Waals surface area contributed by atoms with Crippen LogP contribution in [0.1, 0.15) is 19.5 Å². The number of carbonyl (C=O) groups is 1. The van der Waals surface area contributed by atoms with Crippen LogP contribution < -0.4 is 0 Å². The van der Waals surface area contributed by atoms with E-state index in [2.05, 4.69) is 9.97 Å². The van der Waals surface area contributed by atoms with Crippen LogP contribution in [0.5, 0.6) is 0 Å². The molecule has 1 aromatic heterocycles. The summed E-state index contributed by atoms with van der Waals surface area (Å²) in [6, 6.07) is 0. The smallest absolute Gasteiger partial charge is 0.158 e. The number of H-pyrrole nitrogens is 1. The lowest BCUT2D eigenvalue weighted by atomic mass is 10.1. The minimum atomic E-state index is 0.0594. The zero-order chi connectivity index (χ0) is 8.97. The van der Waals surface area contributed by atoms with E-state index in [9.17, 15) is 4.79 Å². The summed E-state index contributed by atoms with van der Waals surface area (Å²) < 4.78 is 0. The molecule has 0 unspecified atom stereocenters. The van der Waals surface area contributed by atoms with Crippen molar-refractivity contribution in [2.45, 2.75) is 13.8 Å². The van der Waals surface area contributed by atoms with Crippen LogP contribution in [-0.4, -0.2) is 15.8 Å². The SMILES string of the molecule is CC(C)C(=O)/C=C/c1cnc[nH]1. The van der Waals surface area contributed by atoms with Gasteiger partial charge in [-0.1, -0.05) is 13.8 Å². The van der Waals surface area contributed by atoms with Gasteiger partial charge in [-0.2, -0.15) is 0 Å². The number of allylic oxidation sites excluding steroid dienone is 1. The summed E-state index contributed by atoms with van der Waals surface area (Å²) in [7, 11) is 0. The quantitative estimate of drug-likeness (QED) is 0.690. The molecule has 3 heteroatoms. The third-order valence-corrected chi connectivity index (χ3v) is 1.52. The minimum absolute atomic E-state index is 0.0594. The number of ketones is 1. The van der Waals surface area contributed by atoms with Gasteiger partial charge in [-0.05, 0) is 12.2 Å². The van der Waals surface area contributed by atoms with Gasteiger partial charge in [0, 0.05) is 5.92 Å². The monoisotopic (exact) mass is 164 g/mol. The molecule has 0 aliphatic rings. The normalized spacial score (nSPS) is 11.2. The van der Waals surface area contributed by atoms with Crippen molar-refractivity contribution >= 4 is 11.9 Å². The first-order chi connectivity index (χ1) is 5.70. The number of nitrogens with one attached hydrogen (secondary N) is 1. The zero-order valence-electron chi connectivity index (χ0n) is 7.24. The molecule has 3 nitrogen and oxygen atoms in total. The molecule has 0 aliphatic heterocycles. The molecule has 0 bridgehead atoms. The first-order valence-corrected chi connectivity index (χ1v) is 3.90. The fraction of sp³-hybridized carbons (Fsp3) is 0.333. The fourth-order valence-corrected chi connectivity index (χ4v) is 0.722. The number of imidazole rings is 1. The number of hydrogen-bond acceptors (Lipinski definition) is 2. The maximum atomic E-state index is 11.1. The molecule has 0 aromatic carbocycles. The van der Waals surface area contributed by atoms with Crippen LogP contribution in [0.25, 0.3) is 6.08 Å². The Morgan fingerprint density at radius 2 is 2.42 bits per heavy atom. The molecule has 0 radical (unpaired) electrons. The second-order valence-corrected chi connectivity index (χ2v) is 2.90. The van der Waals surface area contributed by atoms with Crippen molar-refractivity contribution in [1.82, 2.24) is 9.97 Å². The van der Waals surface area contributed by atoms with Crippen molar-refractivity contribution in [3.8, 4) is 0 Å². The van der Waals surface area contributed by atoms with Crippen LogP contribution in [-0.2, 0) is 4.79 Å². The van der Waals surface area contributed by atoms with Crippen LogP contribution in [0.2, 0.25) is 0 Å². The van der Waals surface area contributed by atoms with E-state index in [-0.39, 0.29) is 11.7 Å². The van der Waals surface area contributed by atoms with Gasteiger partial charge in [-0.25, -0.2) is 4.98 Å². The Bertz CT molecular complexity index is 273. The van der Waals surface area contributed by atoms with Crippen LogP contribution in [0, 0.1) is 5.92 Å². The second-order valence-electron chi connectivity index (χ2n) is 2.90. The fourth-order valence-electron chi connectivity index (χ4n) is 0.722. The lowest BCUT2D eigenvalue weighted by molar-refractivity contribution is -0.117. The summed E-state index contributed by atoms with van der Waals surface area (Å²) in [6.07, 6.45) is 6.55. The van der Waals surface area contributed by atoms with Gasteiger partial charge in [0.1, 0.15) is 0 Å². The van der Waals surface area contributed by atoms with Gasteiger partial charge in [0.05, 0.1) is 18.2 Å². The van der Waals surface area contributed by atoms with E-state index in [0.29, 0.717) is 0 Å². The second kappa shape index (κ2) is 3.85. The Morgan fingerprint density at radius 1 is 1.67 bits per heavy atom. The maximum absolute atomic E-state index is 11.1. The summed E-state index contributed by atoms with van der Waals surface area (Å²) in [5, 5.41) is 0. The standard InChI is InChI=1S/C9H12N2O/c1-7(2)9(12)4-3-8-5-10-6-11-8/h3-7H,1-2H3,(H,10,11)/b4-3+. The van der Waals surface area contributed by atoms with Crippen molar-refractivity contribution in [2.24, 2.45) is 5.92 Å². The van der Waals surface area contributed by atoms with Crippen LogP contribution in [0.4, 0.5) is 0 Å². The summed E-state index contributed by atoms with van der Waals surface area (Å²) in [4.78, 5) is 17.8. The van der Waals surface area contributed by atoms with Gasteiger partial charge < -0.3 is 4.98 Å². The molecule has 0 saturated heterocycles. The molecule has 1 aromatic rings. The van der Waals surface area contributed by atoms with Crippen LogP contribution in [0.3, 0.4) is 0 Å². The van der Waals surface area contributed by atoms with Gasteiger partial charge in [-0.15, -0.1) is 0 Å². The summed E-state index contributed by atoms with van der Waals surface area (Å²) in [5.41, 5.74) is 0.851. The molecule has 1 rings (SSSR count). The van der Waals surface area contributed by atoms with Gasteiger partial charge in [0.25, 0.3) is 0 Å². The van der Waals surface area contributed by atoms with E-state index < -0.39 is 0 Å².